The van der Waals surface area contributed by atoms with E-state index in [1.807, 2.05) is 47.1 Å². The molecule has 0 amide bonds. The second-order valence-corrected chi connectivity index (χ2v) is 7.99. The minimum atomic E-state index is -3.77. The van der Waals surface area contributed by atoms with Crippen LogP contribution in [0.15, 0.2) is 53.7 Å². The van der Waals surface area contributed by atoms with E-state index < -0.39 is 10.0 Å². The Morgan fingerprint density at radius 1 is 1.15 bits per heavy atom. The summed E-state index contributed by atoms with van der Waals surface area (Å²) in [7, 11) is -3.77. The summed E-state index contributed by atoms with van der Waals surface area (Å²) in [6, 6.07) is 11.2. The van der Waals surface area contributed by atoms with Gasteiger partial charge in [-0.05, 0) is 29.8 Å². The molecule has 8 heteroatoms. The number of nitrogens with one attached hydrogen (secondary N) is 1. The number of hydrogen-bond donors (Lipinski definition) is 2. The van der Waals surface area contributed by atoms with E-state index in [-0.39, 0.29) is 4.90 Å². The quantitative estimate of drug-likeness (QED) is 0.713. The molecule has 4 rings (SSSR count). The van der Waals surface area contributed by atoms with Gasteiger partial charge < -0.3 is 14.6 Å². The first-order valence-corrected chi connectivity index (χ1v) is 10.1. The lowest BCUT2D eigenvalue weighted by atomic mass is 10.1. The van der Waals surface area contributed by atoms with Crippen LogP contribution in [0, 0.1) is 0 Å². The van der Waals surface area contributed by atoms with Crippen molar-refractivity contribution < 1.29 is 8.42 Å². The number of fused-ring (bicyclic) bond motifs is 1. The number of piperazine rings is 1. The van der Waals surface area contributed by atoms with Crippen molar-refractivity contribution in [1.29, 1.82) is 0 Å². The van der Waals surface area contributed by atoms with E-state index >= 15 is 0 Å². The van der Waals surface area contributed by atoms with E-state index in [1.165, 1.54) is 0 Å². The van der Waals surface area contributed by atoms with Gasteiger partial charge in [0.25, 0.3) is 0 Å². The van der Waals surface area contributed by atoms with Crippen LogP contribution >= 0.6 is 0 Å². The van der Waals surface area contributed by atoms with Crippen LogP contribution in [0.5, 0.6) is 0 Å². The molecule has 1 saturated heterocycles. The van der Waals surface area contributed by atoms with Crippen LogP contribution in [0.25, 0.3) is 5.65 Å². The van der Waals surface area contributed by atoms with Crippen molar-refractivity contribution in [3.8, 4) is 0 Å². The summed E-state index contributed by atoms with van der Waals surface area (Å²) in [6.07, 6.45) is 4.58. The van der Waals surface area contributed by atoms with Crippen molar-refractivity contribution in [3.63, 3.8) is 0 Å². The second-order valence-electron chi connectivity index (χ2n) is 6.46. The van der Waals surface area contributed by atoms with E-state index in [9.17, 15) is 8.42 Å². The van der Waals surface area contributed by atoms with Crippen LogP contribution in [0.2, 0.25) is 0 Å². The fourth-order valence-corrected chi connectivity index (χ4v) is 4.09. The number of rotatable bonds is 4. The number of nitrogens with zero attached hydrogens (tertiary/aromatic N) is 3. The van der Waals surface area contributed by atoms with E-state index in [2.05, 4.69) is 15.2 Å². The highest BCUT2D eigenvalue weighted by Crippen LogP contribution is 2.27. The fraction of sp³-hybridized carbons (Fsp3) is 0.278. The third-order valence-corrected chi connectivity index (χ3v) is 5.54. The minimum absolute atomic E-state index is 0.179. The summed E-state index contributed by atoms with van der Waals surface area (Å²) < 4.78 is 26.0. The molecule has 0 atom stereocenters. The Morgan fingerprint density at radius 3 is 2.69 bits per heavy atom. The Morgan fingerprint density at radius 2 is 1.96 bits per heavy atom. The molecule has 1 aromatic carbocycles. The molecule has 0 aliphatic carbocycles. The van der Waals surface area contributed by atoms with Crippen molar-refractivity contribution in [3.05, 3.63) is 60.0 Å². The third kappa shape index (κ3) is 3.44. The van der Waals surface area contributed by atoms with Gasteiger partial charge in [0.2, 0.25) is 10.0 Å². The number of imidazole rings is 1. The van der Waals surface area contributed by atoms with Crippen LogP contribution in [-0.2, 0) is 16.4 Å². The Kier molecular flexibility index (Phi) is 4.39. The standard InChI is InChI=1S/C18H21N5O2S/c19-26(24,25)17-5-4-14(12-16(17)22-9-6-20-7-10-22)11-15-13-23-8-2-1-3-18(23)21-15/h1-5,8,12-13,20H,6-7,9-11H2,(H2,19,24,25). The second kappa shape index (κ2) is 6.71. The maximum absolute atomic E-state index is 12.0. The molecule has 0 bridgehead atoms. The predicted molar refractivity (Wildman–Crippen MR) is 101 cm³/mol. The molecular weight excluding hydrogens is 350 g/mol. The number of hydrogen-bond acceptors (Lipinski definition) is 5. The zero-order chi connectivity index (χ0) is 18.1. The van der Waals surface area contributed by atoms with Gasteiger partial charge in [-0.25, -0.2) is 18.5 Å². The number of anilines is 1. The number of nitrogens with two attached hydrogens (primary N) is 1. The lowest BCUT2D eigenvalue weighted by molar-refractivity contribution is 0.580. The molecule has 136 valence electrons. The molecule has 0 radical (unpaired) electrons. The van der Waals surface area contributed by atoms with Crippen LogP contribution in [-0.4, -0.2) is 44.0 Å². The lowest BCUT2D eigenvalue weighted by Gasteiger charge is -2.31. The highest BCUT2D eigenvalue weighted by atomic mass is 32.2. The summed E-state index contributed by atoms with van der Waals surface area (Å²) in [4.78, 5) is 6.87. The van der Waals surface area contributed by atoms with Crippen LogP contribution in [0.3, 0.4) is 0 Å². The molecule has 7 nitrogen and oxygen atoms in total. The summed E-state index contributed by atoms with van der Waals surface area (Å²) in [5.41, 5.74) is 3.52. The van der Waals surface area contributed by atoms with Gasteiger partial charge in [0.05, 0.1) is 11.4 Å². The average molecular weight is 371 g/mol. The van der Waals surface area contributed by atoms with Crippen molar-refractivity contribution in [2.24, 2.45) is 5.14 Å². The molecule has 3 heterocycles. The molecule has 1 aliphatic heterocycles. The maximum Gasteiger partial charge on any atom is 0.240 e. The number of primary sulfonamides is 1. The SMILES string of the molecule is NS(=O)(=O)c1ccc(Cc2cn3ccccc3n2)cc1N1CCNCC1. The number of pyridine rings is 1. The van der Waals surface area contributed by atoms with Gasteiger partial charge in [0.1, 0.15) is 10.5 Å². The van der Waals surface area contributed by atoms with Crippen LogP contribution < -0.4 is 15.4 Å². The van der Waals surface area contributed by atoms with Gasteiger partial charge in [-0.1, -0.05) is 12.1 Å². The highest BCUT2D eigenvalue weighted by Gasteiger charge is 2.21. The molecule has 0 saturated carbocycles. The van der Waals surface area contributed by atoms with E-state index in [0.29, 0.717) is 12.1 Å². The van der Waals surface area contributed by atoms with Crippen LogP contribution in [0.1, 0.15) is 11.3 Å². The van der Waals surface area contributed by atoms with Gasteiger partial charge in [0.15, 0.2) is 0 Å². The van der Waals surface area contributed by atoms with E-state index in [4.69, 9.17) is 5.14 Å². The minimum Gasteiger partial charge on any atom is -0.368 e. The van der Waals surface area contributed by atoms with Crippen molar-refractivity contribution >= 4 is 21.4 Å². The molecule has 3 N–H and O–H groups in total. The van der Waals surface area contributed by atoms with Gasteiger partial charge in [0, 0.05) is 45.0 Å². The Bertz CT molecular complexity index is 1010. The highest BCUT2D eigenvalue weighted by molar-refractivity contribution is 7.89. The van der Waals surface area contributed by atoms with Crippen LogP contribution in [0.4, 0.5) is 5.69 Å². The number of sulfonamides is 1. The maximum atomic E-state index is 12.0. The van der Waals surface area contributed by atoms with Crippen molar-refractivity contribution in [2.75, 3.05) is 31.1 Å². The lowest BCUT2D eigenvalue weighted by Crippen LogP contribution is -2.44. The summed E-state index contributed by atoms with van der Waals surface area (Å²) in [5, 5.41) is 8.71. The van der Waals surface area contributed by atoms with E-state index in [0.717, 1.165) is 43.1 Å². The van der Waals surface area contributed by atoms with Gasteiger partial charge >= 0.3 is 0 Å². The molecule has 0 unspecified atom stereocenters. The van der Waals surface area contributed by atoms with Crippen molar-refractivity contribution in [1.82, 2.24) is 14.7 Å². The first-order valence-electron chi connectivity index (χ1n) is 8.55. The summed E-state index contributed by atoms with van der Waals surface area (Å²) >= 11 is 0. The first-order chi connectivity index (χ1) is 12.5. The third-order valence-electron chi connectivity index (χ3n) is 4.59. The number of benzene rings is 1. The smallest absolute Gasteiger partial charge is 0.240 e. The van der Waals surface area contributed by atoms with Gasteiger partial charge in [-0.3, -0.25) is 0 Å². The van der Waals surface area contributed by atoms with Crippen molar-refractivity contribution in [2.45, 2.75) is 11.3 Å². The predicted octanol–water partition coefficient (Wildman–Crippen LogP) is 0.982. The average Bonchev–Trinajstić information content (AvgIpc) is 3.03. The molecule has 26 heavy (non-hydrogen) atoms. The topological polar surface area (TPSA) is 92.7 Å². The van der Waals surface area contributed by atoms with Gasteiger partial charge in [-0.2, -0.15) is 0 Å². The number of aromatic nitrogens is 2. The fourth-order valence-electron chi connectivity index (χ4n) is 3.35. The molecule has 1 aliphatic rings. The summed E-state index contributed by atoms with van der Waals surface area (Å²) in [5.74, 6) is 0. The Hall–Kier alpha value is -2.42. The first kappa shape index (κ1) is 17.0. The zero-order valence-electron chi connectivity index (χ0n) is 14.3. The summed E-state index contributed by atoms with van der Waals surface area (Å²) in [6.45, 7) is 3.14. The molecule has 1 fully saturated rings. The molecule has 0 spiro atoms. The monoisotopic (exact) mass is 371 g/mol. The zero-order valence-corrected chi connectivity index (χ0v) is 15.1. The normalized spacial score (nSPS) is 15.5. The largest absolute Gasteiger partial charge is 0.368 e. The van der Waals surface area contributed by atoms with Gasteiger partial charge in [-0.15, -0.1) is 0 Å². The molecule has 2 aromatic heterocycles. The molecule has 3 aromatic rings. The van der Waals surface area contributed by atoms with E-state index in [1.54, 1.807) is 6.07 Å². The Balaban J connectivity index is 1.70. The molecular formula is C18H21N5O2S. The Labute approximate surface area is 152 Å².